The summed E-state index contributed by atoms with van der Waals surface area (Å²) in [4.78, 5) is 11.7. The molecule has 8 heteroatoms. The monoisotopic (exact) mass is 422 g/mol. The maximum atomic E-state index is 9.32. The Bertz CT molecular complexity index is 1140. The van der Waals surface area contributed by atoms with Gasteiger partial charge in [-0.05, 0) is 39.7 Å². The molecule has 27 heavy (non-hydrogen) atoms. The summed E-state index contributed by atoms with van der Waals surface area (Å²) in [5.74, 6) is 0.715. The number of methoxy groups -OCH3 is 1. The molecule has 4 aromatic rings. The van der Waals surface area contributed by atoms with Gasteiger partial charge < -0.3 is 9.72 Å². The van der Waals surface area contributed by atoms with Crippen LogP contribution >= 0.6 is 15.9 Å². The van der Waals surface area contributed by atoms with Gasteiger partial charge in [-0.1, -0.05) is 6.07 Å². The molecule has 1 atom stereocenters. The van der Waals surface area contributed by atoms with Crippen LogP contribution in [0.1, 0.15) is 18.0 Å². The molecule has 4 rings (SSSR count). The van der Waals surface area contributed by atoms with E-state index in [0.717, 1.165) is 32.3 Å². The Balaban J connectivity index is 1.75. The highest BCUT2D eigenvalue weighted by Gasteiger charge is 2.18. The van der Waals surface area contributed by atoms with Crippen LogP contribution in [0.5, 0.6) is 5.75 Å². The van der Waals surface area contributed by atoms with Crippen LogP contribution in [0, 0.1) is 11.3 Å². The Morgan fingerprint density at radius 3 is 3.04 bits per heavy atom. The van der Waals surface area contributed by atoms with Gasteiger partial charge in [0.2, 0.25) is 0 Å². The Labute approximate surface area is 163 Å². The standard InChI is InChI=1S/C19H15BrN6O/c1-27-17-8-12(2-3-15(17)20)16(4-6-21)26-10-13(9-25-26)18-14-5-7-22-19(14)24-11-23-18/h2-3,5,7-11,16H,4H2,1H3,(H,22,23,24). The summed E-state index contributed by atoms with van der Waals surface area (Å²) in [6, 6.07) is 9.75. The smallest absolute Gasteiger partial charge is 0.141 e. The number of ether oxygens (including phenoxy) is 1. The molecule has 0 aliphatic rings. The van der Waals surface area contributed by atoms with E-state index >= 15 is 0 Å². The van der Waals surface area contributed by atoms with E-state index in [-0.39, 0.29) is 12.5 Å². The lowest BCUT2D eigenvalue weighted by molar-refractivity contribution is 0.410. The molecule has 1 aromatic carbocycles. The van der Waals surface area contributed by atoms with Crippen molar-refractivity contribution >= 4 is 27.0 Å². The molecule has 1 N–H and O–H groups in total. The van der Waals surface area contributed by atoms with Crippen molar-refractivity contribution < 1.29 is 4.74 Å². The largest absolute Gasteiger partial charge is 0.496 e. The third-order valence-corrected chi connectivity index (χ3v) is 5.05. The molecule has 3 heterocycles. The normalized spacial score (nSPS) is 12.0. The molecule has 0 aliphatic heterocycles. The third kappa shape index (κ3) is 3.17. The maximum Gasteiger partial charge on any atom is 0.141 e. The second-order valence-corrected chi connectivity index (χ2v) is 6.80. The number of rotatable bonds is 5. The first-order valence-corrected chi connectivity index (χ1v) is 9.03. The number of nitrogens with zero attached hydrogens (tertiary/aromatic N) is 5. The van der Waals surface area contributed by atoms with E-state index in [9.17, 15) is 5.26 Å². The molecule has 0 radical (unpaired) electrons. The van der Waals surface area contributed by atoms with Gasteiger partial charge in [0, 0.05) is 23.3 Å². The fourth-order valence-electron chi connectivity index (χ4n) is 3.07. The van der Waals surface area contributed by atoms with Crippen LogP contribution in [-0.2, 0) is 0 Å². The van der Waals surface area contributed by atoms with Crippen LogP contribution in [0.2, 0.25) is 0 Å². The molecule has 0 spiro atoms. The highest BCUT2D eigenvalue weighted by molar-refractivity contribution is 9.10. The minimum atomic E-state index is -0.227. The van der Waals surface area contributed by atoms with E-state index in [4.69, 9.17) is 4.74 Å². The number of aromatic nitrogens is 5. The number of nitriles is 1. The van der Waals surface area contributed by atoms with Gasteiger partial charge in [-0.15, -0.1) is 0 Å². The molecule has 0 bridgehead atoms. The lowest BCUT2D eigenvalue weighted by Crippen LogP contribution is -2.11. The predicted octanol–water partition coefficient (Wildman–Crippen LogP) is 4.10. The maximum absolute atomic E-state index is 9.32. The van der Waals surface area contributed by atoms with Crippen molar-refractivity contribution in [3.8, 4) is 23.1 Å². The number of hydrogen-bond acceptors (Lipinski definition) is 5. The van der Waals surface area contributed by atoms with Crippen LogP contribution in [-0.4, -0.2) is 31.8 Å². The van der Waals surface area contributed by atoms with E-state index in [1.54, 1.807) is 18.0 Å². The van der Waals surface area contributed by atoms with E-state index in [2.05, 4.69) is 42.0 Å². The van der Waals surface area contributed by atoms with Crippen molar-refractivity contribution in [2.45, 2.75) is 12.5 Å². The highest BCUT2D eigenvalue weighted by Crippen LogP contribution is 2.32. The first kappa shape index (κ1) is 17.2. The van der Waals surface area contributed by atoms with Crippen molar-refractivity contribution in [2.75, 3.05) is 7.11 Å². The number of halogens is 1. The first-order valence-electron chi connectivity index (χ1n) is 8.24. The van der Waals surface area contributed by atoms with Crippen molar-refractivity contribution in [3.63, 3.8) is 0 Å². The average Bonchev–Trinajstić information content (AvgIpc) is 3.36. The van der Waals surface area contributed by atoms with E-state index in [1.807, 2.05) is 36.7 Å². The Kier molecular flexibility index (Phi) is 4.60. The van der Waals surface area contributed by atoms with Gasteiger partial charge in [0.25, 0.3) is 0 Å². The Morgan fingerprint density at radius 1 is 1.33 bits per heavy atom. The number of aromatic amines is 1. The molecule has 0 aliphatic carbocycles. The zero-order chi connectivity index (χ0) is 18.8. The van der Waals surface area contributed by atoms with Crippen LogP contribution in [0.15, 0.2) is 53.7 Å². The molecule has 0 saturated carbocycles. The first-order chi connectivity index (χ1) is 13.2. The molecule has 0 saturated heterocycles. The van der Waals surface area contributed by atoms with Crippen LogP contribution in [0.25, 0.3) is 22.3 Å². The number of H-pyrrole nitrogens is 1. The van der Waals surface area contributed by atoms with Crippen LogP contribution < -0.4 is 4.74 Å². The van der Waals surface area contributed by atoms with Gasteiger partial charge in [-0.2, -0.15) is 10.4 Å². The average molecular weight is 423 g/mol. The second-order valence-electron chi connectivity index (χ2n) is 5.94. The fraction of sp³-hybridized carbons (Fsp3) is 0.158. The van der Waals surface area contributed by atoms with Gasteiger partial charge in [0.05, 0.1) is 42.0 Å². The van der Waals surface area contributed by atoms with Gasteiger partial charge in [0.1, 0.15) is 17.7 Å². The van der Waals surface area contributed by atoms with E-state index < -0.39 is 0 Å². The SMILES string of the molecule is COc1cc(C(CC#N)n2cc(-c3ncnc4[nH]ccc34)cn2)ccc1Br. The van der Waals surface area contributed by atoms with Crippen molar-refractivity contribution in [1.29, 1.82) is 5.26 Å². The summed E-state index contributed by atoms with van der Waals surface area (Å²) in [5, 5.41) is 14.8. The molecule has 1 unspecified atom stereocenters. The minimum absolute atomic E-state index is 0.227. The molecule has 7 nitrogen and oxygen atoms in total. The van der Waals surface area contributed by atoms with Gasteiger partial charge >= 0.3 is 0 Å². The lowest BCUT2D eigenvalue weighted by Gasteiger charge is -2.16. The lowest BCUT2D eigenvalue weighted by atomic mass is 10.0. The summed E-state index contributed by atoms with van der Waals surface area (Å²) in [6.45, 7) is 0. The Morgan fingerprint density at radius 2 is 2.22 bits per heavy atom. The topological polar surface area (TPSA) is 92.4 Å². The van der Waals surface area contributed by atoms with Crippen molar-refractivity contribution in [1.82, 2.24) is 24.7 Å². The molecular weight excluding hydrogens is 408 g/mol. The van der Waals surface area contributed by atoms with Crippen molar-refractivity contribution in [3.05, 3.63) is 59.2 Å². The zero-order valence-electron chi connectivity index (χ0n) is 14.4. The summed E-state index contributed by atoms with van der Waals surface area (Å²) in [7, 11) is 1.62. The highest BCUT2D eigenvalue weighted by atomic mass is 79.9. The molecule has 0 amide bonds. The molecule has 134 valence electrons. The number of nitrogens with one attached hydrogen (secondary N) is 1. The Hall–Kier alpha value is -3.18. The summed E-state index contributed by atoms with van der Waals surface area (Å²) >= 11 is 3.46. The quantitative estimate of drug-likeness (QED) is 0.522. The van der Waals surface area contributed by atoms with E-state index in [0.29, 0.717) is 5.75 Å². The molecule has 0 fully saturated rings. The fourth-order valence-corrected chi connectivity index (χ4v) is 3.48. The third-order valence-electron chi connectivity index (χ3n) is 4.39. The van der Waals surface area contributed by atoms with Crippen molar-refractivity contribution in [2.24, 2.45) is 0 Å². The molecule has 3 aromatic heterocycles. The van der Waals surface area contributed by atoms with E-state index in [1.165, 1.54) is 6.33 Å². The zero-order valence-corrected chi connectivity index (χ0v) is 16.0. The van der Waals surface area contributed by atoms with Gasteiger partial charge in [-0.25, -0.2) is 9.97 Å². The van der Waals surface area contributed by atoms with Gasteiger partial charge in [-0.3, -0.25) is 4.68 Å². The van der Waals surface area contributed by atoms with Crippen LogP contribution in [0.4, 0.5) is 0 Å². The summed E-state index contributed by atoms with van der Waals surface area (Å²) < 4.78 is 8.04. The summed E-state index contributed by atoms with van der Waals surface area (Å²) in [6.07, 6.45) is 7.31. The number of fused-ring (bicyclic) bond motifs is 1. The summed E-state index contributed by atoms with van der Waals surface area (Å²) in [5.41, 5.74) is 3.39. The van der Waals surface area contributed by atoms with Gasteiger partial charge in [0.15, 0.2) is 0 Å². The number of hydrogen-bond donors (Lipinski definition) is 1. The molecular formula is C19H15BrN6O. The van der Waals surface area contributed by atoms with Crippen LogP contribution in [0.3, 0.4) is 0 Å². The minimum Gasteiger partial charge on any atom is -0.496 e. The second kappa shape index (κ2) is 7.21. The number of benzene rings is 1. The predicted molar refractivity (Wildman–Crippen MR) is 104 cm³/mol.